The molecule has 98 valence electrons. The lowest BCUT2D eigenvalue weighted by Gasteiger charge is -2.13. The van der Waals surface area contributed by atoms with E-state index in [4.69, 9.17) is 9.84 Å². The number of nitrogens with one attached hydrogen (secondary N) is 1. The molecule has 1 saturated heterocycles. The van der Waals surface area contributed by atoms with E-state index in [-0.39, 0.29) is 5.56 Å². The first-order valence-corrected chi connectivity index (χ1v) is 6.85. The van der Waals surface area contributed by atoms with Gasteiger partial charge in [-0.15, -0.1) is 0 Å². The lowest BCUT2D eigenvalue weighted by molar-refractivity contribution is 0.0697. The molecule has 1 unspecified atom stereocenters. The molecule has 0 aromatic heterocycles. The van der Waals surface area contributed by atoms with Gasteiger partial charge in [0.1, 0.15) is 0 Å². The van der Waals surface area contributed by atoms with Gasteiger partial charge in [0.15, 0.2) is 0 Å². The van der Waals surface area contributed by atoms with Gasteiger partial charge in [-0.2, -0.15) is 0 Å². The summed E-state index contributed by atoms with van der Waals surface area (Å²) in [5.74, 6) is -0.929. The zero-order chi connectivity index (χ0) is 13.0. The van der Waals surface area contributed by atoms with E-state index in [0.717, 1.165) is 32.4 Å². The van der Waals surface area contributed by atoms with E-state index in [0.29, 0.717) is 16.3 Å². The number of halogens is 1. The van der Waals surface area contributed by atoms with E-state index in [1.807, 2.05) is 6.07 Å². The monoisotopic (exact) mass is 313 g/mol. The Morgan fingerprint density at radius 2 is 2.39 bits per heavy atom. The fourth-order valence-corrected chi connectivity index (χ4v) is 2.66. The van der Waals surface area contributed by atoms with Gasteiger partial charge in [-0.05, 0) is 47.3 Å². The molecular weight excluding hydrogens is 298 g/mol. The van der Waals surface area contributed by atoms with E-state index in [1.54, 1.807) is 12.1 Å². The Balaban J connectivity index is 1.96. The van der Waals surface area contributed by atoms with Gasteiger partial charge in [0.05, 0.1) is 11.7 Å². The smallest absolute Gasteiger partial charge is 0.338 e. The van der Waals surface area contributed by atoms with Crippen molar-refractivity contribution in [2.24, 2.45) is 0 Å². The van der Waals surface area contributed by atoms with Gasteiger partial charge in [0.2, 0.25) is 0 Å². The number of carboxylic acid groups (broad SMARTS) is 1. The van der Waals surface area contributed by atoms with Gasteiger partial charge in [-0.1, -0.05) is 6.07 Å². The third-order valence-electron chi connectivity index (χ3n) is 3.03. The van der Waals surface area contributed by atoms with Crippen LogP contribution in [0.2, 0.25) is 0 Å². The number of hydrogen-bond donors (Lipinski definition) is 2. The molecule has 18 heavy (non-hydrogen) atoms. The number of carboxylic acids is 1. The summed E-state index contributed by atoms with van der Waals surface area (Å²) < 4.78 is 6.12. The predicted octanol–water partition coefficient (Wildman–Crippen LogP) is 3.13. The molecule has 2 rings (SSSR count). The van der Waals surface area contributed by atoms with Gasteiger partial charge in [0.25, 0.3) is 0 Å². The second-order valence-corrected chi connectivity index (χ2v) is 5.17. The number of ether oxygens (including phenoxy) is 1. The molecule has 1 aromatic rings. The fraction of sp³-hybridized carbons (Fsp3) is 0.462. The highest BCUT2D eigenvalue weighted by atomic mass is 79.9. The van der Waals surface area contributed by atoms with Crippen molar-refractivity contribution in [3.05, 3.63) is 28.2 Å². The molecule has 1 aliphatic rings. The third kappa shape index (κ3) is 3.23. The predicted molar refractivity (Wildman–Crippen MR) is 73.2 cm³/mol. The van der Waals surface area contributed by atoms with E-state index >= 15 is 0 Å². The average Bonchev–Trinajstić information content (AvgIpc) is 2.81. The summed E-state index contributed by atoms with van der Waals surface area (Å²) in [7, 11) is 0. The van der Waals surface area contributed by atoms with Crippen molar-refractivity contribution in [1.82, 2.24) is 0 Å². The first-order chi connectivity index (χ1) is 8.68. The van der Waals surface area contributed by atoms with Crippen molar-refractivity contribution in [3.8, 4) is 0 Å². The van der Waals surface area contributed by atoms with E-state index < -0.39 is 5.97 Å². The second kappa shape index (κ2) is 6.20. The summed E-state index contributed by atoms with van der Waals surface area (Å²) in [6.07, 6.45) is 3.46. The van der Waals surface area contributed by atoms with Crippen molar-refractivity contribution in [2.75, 3.05) is 18.5 Å². The lowest BCUT2D eigenvalue weighted by Crippen LogP contribution is -2.14. The van der Waals surface area contributed by atoms with Gasteiger partial charge in [-0.3, -0.25) is 0 Å². The number of rotatable bonds is 5. The maximum atomic E-state index is 11.2. The minimum atomic E-state index is -0.929. The van der Waals surface area contributed by atoms with Crippen LogP contribution in [-0.4, -0.2) is 30.3 Å². The van der Waals surface area contributed by atoms with Crippen LogP contribution in [-0.2, 0) is 4.74 Å². The molecular formula is C13H16BrNO3. The Bertz CT molecular complexity index is 430. The van der Waals surface area contributed by atoms with Crippen LogP contribution >= 0.6 is 15.9 Å². The molecule has 1 atom stereocenters. The molecule has 0 bridgehead atoms. The SMILES string of the molecule is O=C(O)c1c(Br)cccc1NCCC1CCCO1. The molecule has 2 N–H and O–H groups in total. The number of benzene rings is 1. The Kier molecular flexibility index (Phi) is 4.60. The Morgan fingerprint density at radius 1 is 1.56 bits per heavy atom. The van der Waals surface area contributed by atoms with Gasteiger partial charge >= 0.3 is 5.97 Å². The number of aromatic carboxylic acids is 1. The van der Waals surface area contributed by atoms with E-state index in [9.17, 15) is 4.79 Å². The summed E-state index contributed by atoms with van der Waals surface area (Å²) >= 11 is 3.26. The molecule has 1 aliphatic heterocycles. The molecule has 1 aromatic carbocycles. The van der Waals surface area contributed by atoms with Gasteiger partial charge < -0.3 is 15.2 Å². The highest BCUT2D eigenvalue weighted by molar-refractivity contribution is 9.10. The van der Waals surface area contributed by atoms with Crippen LogP contribution < -0.4 is 5.32 Å². The molecule has 0 aliphatic carbocycles. The lowest BCUT2D eigenvalue weighted by atomic mass is 10.1. The van der Waals surface area contributed by atoms with Crippen LogP contribution in [0.5, 0.6) is 0 Å². The summed E-state index contributed by atoms with van der Waals surface area (Å²) in [4.78, 5) is 11.2. The second-order valence-electron chi connectivity index (χ2n) is 4.32. The first-order valence-electron chi connectivity index (χ1n) is 6.06. The fourth-order valence-electron chi connectivity index (χ4n) is 2.13. The molecule has 4 nitrogen and oxygen atoms in total. The average molecular weight is 314 g/mol. The Morgan fingerprint density at radius 3 is 3.06 bits per heavy atom. The standard InChI is InChI=1S/C13H16BrNO3/c14-10-4-1-5-11(12(10)13(16)17)15-7-6-9-3-2-8-18-9/h1,4-5,9,15H,2-3,6-8H2,(H,16,17). The maximum Gasteiger partial charge on any atom is 0.338 e. The minimum Gasteiger partial charge on any atom is -0.478 e. The van der Waals surface area contributed by atoms with Crippen molar-refractivity contribution in [2.45, 2.75) is 25.4 Å². The van der Waals surface area contributed by atoms with E-state index in [2.05, 4.69) is 21.2 Å². The topological polar surface area (TPSA) is 58.6 Å². The van der Waals surface area contributed by atoms with Crippen molar-refractivity contribution in [3.63, 3.8) is 0 Å². The first kappa shape index (κ1) is 13.4. The Labute approximate surface area is 114 Å². The van der Waals surface area contributed by atoms with Crippen LogP contribution in [0.1, 0.15) is 29.6 Å². The van der Waals surface area contributed by atoms with Crippen LogP contribution in [0.15, 0.2) is 22.7 Å². The Hall–Kier alpha value is -1.07. The molecule has 0 spiro atoms. The number of hydrogen-bond acceptors (Lipinski definition) is 3. The van der Waals surface area contributed by atoms with Crippen LogP contribution in [0, 0.1) is 0 Å². The number of carbonyl (C=O) groups is 1. The normalized spacial score (nSPS) is 18.8. The molecule has 1 heterocycles. The highest BCUT2D eigenvalue weighted by Crippen LogP contribution is 2.25. The summed E-state index contributed by atoms with van der Waals surface area (Å²) in [5, 5.41) is 12.3. The minimum absolute atomic E-state index is 0.282. The molecule has 0 amide bonds. The van der Waals surface area contributed by atoms with Crippen LogP contribution in [0.25, 0.3) is 0 Å². The van der Waals surface area contributed by atoms with Crippen molar-refractivity contribution in [1.29, 1.82) is 0 Å². The van der Waals surface area contributed by atoms with Crippen molar-refractivity contribution < 1.29 is 14.6 Å². The maximum absolute atomic E-state index is 11.2. The molecule has 0 saturated carbocycles. The van der Waals surface area contributed by atoms with Crippen molar-refractivity contribution >= 4 is 27.6 Å². The third-order valence-corrected chi connectivity index (χ3v) is 3.69. The quantitative estimate of drug-likeness (QED) is 0.877. The highest BCUT2D eigenvalue weighted by Gasteiger charge is 2.16. The summed E-state index contributed by atoms with van der Waals surface area (Å²) in [5.41, 5.74) is 0.930. The van der Waals surface area contributed by atoms with Gasteiger partial charge in [-0.25, -0.2) is 4.79 Å². The van der Waals surface area contributed by atoms with E-state index in [1.165, 1.54) is 0 Å². The van der Waals surface area contributed by atoms with Crippen LogP contribution in [0.4, 0.5) is 5.69 Å². The zero-order valence-electron chi connectivity index (χ0n) is 9.99. The molecule has 5 heteroatoms. The largest absolute Gasteiger partial charge is 0.478 e. The summed E-state index contributed by atoms with van der Waals surface area (Å²) in [6, 6.07) is 5.34. The summed E-state index contributed by atoms with van der Waals surface area (Å²) in [6.45, 7) is 1.57. The number of anilines is 1. The van der Waals surface area contributed by atoms with Gasteiger partial charge in [0, 0.05) is 23.3 Å². The molecule has 0 radical (unpaired) electrons. The molecule has 1 fully saturated rings. The van der Waals surface area contributed by atoms with Crippen LogP contribution in [0.3, 0.4) is 0 Å². The zero-order valence-corrected chi connectivity index (χ0v) is 11.6.